The Morgan fingerprint density at radius 3 is 2.50 bits per heavy atom. The predicted octanol–water partition coefficient (Wildman–Crippen LogP) is 5.08. The number of aliphatic imine (C=N–C) groups is 1. The van der Waals surface area contributed by atoms with Crippen molar-refractivity contribution in [2.45, 2.75) is 25.7 Å². The lowest BCUT2D eigenvalue weighted by Gasteiger charge is -2.19. The molecule has 0 aliphatic carbocycles. The van der Waals surface area contributed by atoms with Gasteiger partial charge in [-0.25, -0.2) is 4.99 Å². The van der Waals surface area contributed by atoms with Crippen molar-refractivity contribution < 1.29 is 9.90 Å². The highest BCUT2D eigenvalue weighted by Gasteiger charge is 2.39. The molecule has 2 aliphatic rings. The Morgan fingerprint density at radius 2 is 1.79 bits per heavy atom. The highest BCUT2D eigenvalue weighted by atomic mass is 32.2. The largest absolute Gasteiger partial charge is 0.506 e. The van der Waals surface area contributed by atoms with Gasteiger partial charge in [0, 0.05) is 18.0 Å². The molecule has 2 aliphatic heterocycles. The summed E-state index contributed by atoms with van der Waals surface area (Å²) in [5.74, 6) is 0.0853. The Balaban J connectivity index is 1.76. The first kappa shape index (κ1) is 19.0. The lowest BCUT2D eigenvalue weighted by Crippen LogP contribution is -2.29. The van der Waals surface area contributed by atoms with E-state index in [-0.39, 0.29) is 11.7 Å². The first-order valence-corrected chi connectivity index (χ1v) is 10.8. The van der Waals surface area contributed by atoms with Crippen LogP contribution in [-0.4, -0.2) is 34.2 Å². The van der Waals surface area contributed by atoms with E-state index < -0.39 is 0 Å². The van der Waals surface area contributed by atoms with E-state index in [0.717, 1.165) is 27.7 Å². The molecule has 5 nitrogen and oxygen atoms in total. The van der Waals surface area contributed by atoms with Gasteiger partial charge in [0.2, 0.25) is 0 Å². The number of amidine groups is 1. The molecule has 144 valence electrons. The molecule has 1 amide bonds. The van der Waals surface area contributed by atoms with E-state index in [1.165, 1.54) is 11.8 Å². The van der Waals surface area contributed by atoms with E-state index in [2.05, 4.69) is 28.9 Å². The van der Waals surface area contributed by atoms with Crippen molar-refractivity contribution in [2.75, 3.05) is 18.0 Å². The maximum Gasteiger partial charge on any atom is 0.269 e. The van der Waals surface area contributed by atoms with E-state index in [1.54, 1.807) is 28.8 Å². The third kappa shape index (κ3) is 3.18. The van der Waals surface area contributed by atoms with Crippen LogP contribution in [0.25, 0.3) is 0 Å². The third-order valence-electron chi connectivity index (χ3n) is 4.65. The number of fused-ring (bicyclic) bond motifs is 1. The number of rotatable bonds is 3. The molecule has 4 rings (SSSR count). The van der Waals surface area contributed by atoms with E-state index in [9.17, 15) is 9.90 Å². The molecule has 7 heteroatoms. The van der Waals surface area contributed by atoms with Crippen molar-refractivity contribution in [2.24, 2.45) is 4.99 Å². The van der Waals surface area contributed by atoms with Crippen molar-refractivity contribution in [3.8, 4) is 5.75 Å². The fourth-order valence-corrected chi connectivity index (χ4v) is 5.69. The van der Waals surface area contributed by atoms with Crippen molar-refractivity contribution in [1.82, 2.24) is 4.90 Å². The van der Waals surface area contributed by atoms with Crippen LogP contribution in [0, 0.1) is 6.92 Å². The summed E-state index contributed by atoms with van der Waals surface area (Å²) >= 11 is 3.01. The van der Waals surface area contributed by atoms with Gasteiger partial charge in [-0.2, -0.15) is 0 Å². The number of thioether (sulfide) groups is 2. The monoisotopic (exact) mass is 411 g/mol. The Bertz CT molecular complexity index is 1020. The minimum absolute atomic E-state index is 0.0355. The van der Waals surface area contributed by atoms with Crippen molar-refractivity contribution in [1.29, 1.82) is 0 Å². The van der Waals surface area contributed by atoms with Gasteiger partial charge in [0.1, 0.15) is 21.4 Å². The predicted molar refractivity (Wildman–Crippen MR) is 117 cm³/mol. The van der Waals surface area contributed by atoms with Gasteiger partial charge in [-0.1, -0.05) is 30.0 Å². The topological polar surface area (TPSA) is 56.1 Å². The molecule has 0 atom stereocenters. The average molecular weight is 412 g/mol. The van der Waals surface area contributed by atoms with E-state index in [4.69, 9.17) is 0 Å². The highest BCUT2D eigenvalue weighted by Crippen LogP contribution is 2.50. The van der Waals surface area contributed by atoms with Crippen LogP contribution < -0.4 is 4.90 Å². The second kappa shape index (κ2) is 7.56. The van der Waals surface area contributed by atoms with Gasteiger partial charge in [-0.15, -0.1) is 0 Å². The fraction of sp³-hybridized carbons (Fsp3) is 0.238. The van der Waals surface area contributed by atoms with Crippen molar-refractivity contribution in [3.63, 3.8) is 0 Å². The van der Waals surface area contributed by atoms with Crippen LogP contribution in [0.5, 0.6) is 5.75 Å². The number of anilines is 1. The summed E-state index contributed by atoms with van der Waals surface area (Å²) in [6.07, 6.45) is 0. The summed E-state index contributed by atoms with van der Waals surface area (Å²) < 4.78 is 0. The summed E-state index contributed by atoms with van der Waals surface area (Å²) in [5.41, 5.74) is 2.57. The number of hydrogen-bond acceptors (Lipinski definition) is 6. The number of aromatic hydroxyl groups is 1. The number of aryl methyl sites for hydroxylation is 1. The number of hydrogen-bond donors (Lipinski definition) is 1. The Hall–Kier alpha value is -2.38. The summed E-state index contributed by atoms with van der Waals surface area (Å²) in [6, 6.07) is 13.6. The molecule has 0 saturated carbocycles. The second-order valence-electron chi connectivity index (χ2n) is 6.49. The highest BCUT2D eigenvalue weighted by molar-refractivity contribution is 8.19. The molecule has 1 N–H and O–H groups in total. The number of carbonyl (C=O) groups is 1. The number of nitrogens with zero attached hydrogens (tertiary/aromatic N) is 3. The lowest BCUT2D eigenvalue weighted by molar-refractivity contribution is -0.122. The molecular weight excluding hydrogens is 390 g/mol. The van der Waals surface area contributed by atoms with Crippen LogP contribution in [0.3, 0.4) is 0 Å². The van der Waals surface area contributed by atoms with Crippen LogP contribution in [0.2, 0.25) is 0 Å². The van der Waals surface area contributed by atoms with Crippen molar-refractivity contribution in [3.05, 3.63) is 58.0 Å². The number of likely N-dealkylation sites (N-methyl/N-ethyl adjacent to an activating group) is 1. The summed E-state index contributed by atoms with van der Waals surface area (Å²) in [7, 11) is 0. The molecular formula is C21H21N3O2S2. The number of phenols is 1. The summed E-state index contributed by atoms with van der Waals surface area (Å²) in [6.45, 7) is 7.25. The van der Waals surface area contributed by atoms with Gasteiger partial charge in [0.15, 0.2) is 5.17 Å². The Kier molecular flexibility index (Phi) is 5.12. The zero-order valence-electron chi connectivity index (χ0n) is 16.0. The molecule has 2 aromatic rings. The van der Waals surface area contributed by atoms with Crippen LogP contribution in [0.4, 0.5) is 11.4 Å². The Morgan fingerprint density at radius 1 is 1.04 bits per heavy atom. The standard InChI is InChI=1S/C21H21N3O2S2/c1-4-23-15-8-6-7-9-17(15)27-20(23)18-19(26)24(5-2)21(28-18)22-14-11-10-13(3)12-16(14)25/h6-12,25H,4-5H2,1-3H3/b20-18-,22-21?. The van der Waals surface area contributed by atoms with Crippen LogP contribution >= 0.6 is 23.5 Å². The summed E-state index contributed by atoms with van der Waals surface area (Å²) in [4.78, 5) is 23.4. The maximum absolute atomic E-state index is 13.1. The fourth-order valence-electron chi connectivity index (χ4n) is 3.25. The van der Waals surface area contributed by atoms with E-state index >= 15 is 0 Å². The molecule has 1 saturated heterocycles. The molecule has 0 spiro atoms. The van der Waals surface area contributed by atoms with Gasteiger partial charge in [0.25, 0.3) is 5.91 Å². The second-order valence-corrected chi connectivity index (χ2v) is 8.49. The van der Waals surface area contributed by atoms with Gasteiger partial charge in [-0.3, -0.25) is 9.69 Å². The lowest BCUT2D eigenvalue weighted by atomic mass is 10.2. The number of para-hydroxylation sites is 1. The quantitative estimate of drug-likeness (QED) is 0.714. The summed E-state index contributed by atoms with van der Waals surface area (Å²) in [5, 5.41) is 11.8. The van der Waals surface area contributed by atoms with E-state index in [1.807, 2.05) is 32.0 Å². The molecule has 0 radical (unpaired) electrons. The SMILES string of the molecule is CCN1C(=O)/C(=C2/Sc3ccccc3N2CC)SC1=Nc1ccc(C)cc1O. The van der Waals surface area contributed by atoms with Crippen LogP contribution in [0.1, 0.15) is 19.4 Å². The first-order chi connectivity index (χ1) is 13.5. The van der Waals surface area contributed by atoms with Gasteiger partial charge in [0.05, 0.1) is 5.69 Å². The molecule has 0 unspecified atom stereocenters. The number of carbonyl (C=O) groups excluding carboxylic acids is 1. The van der Waals surface area contributed by atoms with Crippen LogP contribution in [0.15, 0.2) is 62.3 Å². The smallest absolute Gasteiger partial charge is 0.269 e. The Labute approximate surface area is 173 Å². The average Bonchev–Trinajstić information content (AvgIpc) is 3.20. The molecule has 2 heterocycles. The van der Waals surface area contributed by atoms with Gasteiger partial charge >= 0.3 is 0 Å². The zero-order valence-corrected chi connectivity index (χ0v) is 17.6. The van der Waals surface area contributed by atoms with Crippen molar-refractivity contribution >= 4 is 46.0 Å². The van der Waals surface area contributed by atoms with E-state index in [0.29, 0.717) is 22.3 Å². The molecule has 1 fully saturated rings. The number of benzene rings is 2. The maximum atomic E-state index is 13.1. The van der Waals surface area contributed by atoms with Gasteiger partial charge < -0.3 is 10.0 Å². The molecule has 2 aromatic carbocycles. The normalized spacial score (nSPS) is 20.4. The minimum Gasteiger partial charge on any atom is -0.506 e. The molecule has 0 bridgehead atoms. The van der Waals surface area contributed by atoms with Crippen LogP contribution in [-0.2, 0) is 4.79 Å². The minimum atomic E-state index is -0.0355. The number of amides is 1. The molecule has 0 aromatic heterocycles. The number of phenolic OH excluding ortho intramolecular Hbond substituents is 1. The first-order valence-electron chi connectivity index (χ1n) is 9.20. The third-order valence-corrected chi connectivity index (χ3v) is 7.02. The van der Waals surface area contributed by atoms with Gasteiger partial charge in [-0.05, 0) is 62.4 Å². The molecule has 28 heavy (non-hydrogen) atoms. The zero-order chi connectivity index (χ0) is 19.8.